The number of aromatic nitrogens is 1. The van der Waals surface area contributed by atoms with Crippen LogP contribution in [0.5, 0.6) is 0 Å². The molecule has 102 valence electrons. The highest BCUT2D eigenvalue weighted by Gasteiger charge is 2.20. The molecule has 0 saturated carbocycles. The van der Waals surface area contributed by atoms with Crippen LogP contribution in [-0.2, 0) is 0 Å². The number of hydrogen-bond donors (Lipinski definition) is 1. The van der Waals surface area contributed by atoms with Crippen LogP contribution in [0.2, 0.25) is 5.02 Å². The maximum absolute atomic E-state index is 8.92. The molecule has 1 aromatic carbocycles. The lowest BCUT2D eigenvalue weighted by Crippen LogP contribution is -2.47. The van der Waals surface area contributed by atoms with Gasteiger partial charge in [0.25, 0.3) is 6.01 Å². The second-order valence-electron chi connectivity index (χ2n) is 4.66. The minimum absolute atomic E-state index is 0.210. The molecular formula is C13H16ClN3O2. The molecule has 2 aromatic rings. The molecule has 0 spiro atoms. The lowest BCUT2D eigenvalue weighted by molar-refractivity contribution is 0.187. The summed E-state index contributed by atoms with van der Waals surface area (Å²) in [5, 5.41) is 9.58. The van der Waals surface area contributed by atoms with Crippen LogP contribution in [0.15, 0.2) is 22.6 Å². The number of rotatable bonds is 3. The van der Waals surface area contributed by atoms with E-state index in [-0.39, 0.29) is 6.61 Å². The smallest absolute Gasteiger partial charge is 0.298 e. The molecule has 1 aliphatic rings. The molecule has 0 bridgehead atoms. The molecule has 1 fully saturated rings. The Hall–Kier alpha value is -1.30. The monoisotopic (exact) mass is 281 g/mol. The Labute approximate surface area is 116 Å². The number of aliphatic hydroxyl groups excluding tert-OH is 1. The van der Waals surface area contributed by atoms with Crippen molar-refractivity contribution in [2.24, 2.45) is 0 Å². The van der Waals surface area contributed by atoms with Crippen molar-refractivity contribution in [2.75, 3.05) is 44.2 Å². The quantitative estimate of drug-likeness (QED) is 0.926. The van der Waals surface area contributed by atoms with Crippen molar-refractivity contribution in [1.82, 2.24) is 9.88 Å². The number of hydrogen-bond acceptors (Lipinski definition) is 5. The van der Waals surface area contributed by atoms with Crippen LogP contribution >= 0.6 is 11.6 Å². The SMILES string of the molecule is OCCN1CCN(c2nc3ccc(Cl)cc3o2)CC1. The molecule has 2 heterocycles. The van der Waals surface area contributed by atoms with Gasteiger partial charge in [-0.15, -0.1) is 0 Å². The summed E-state index contributed by atoms with van der Waals surface area (Å²) in [6.07, 6.45) is 0. The number of fused-ring (bicyclic) bond motifs is 1. The van der Waals surface area contributed by atoms with Crippen LogP contribution in [0.25, 0.3) is 11.1 Å². The van der Waals surface area contributed by atoms with E-state index < -0.39 is 0 Å². The Balaban J connectivity index is 1.74. The fourth-order valence-electron chi connectivity index (χ4n) is 2.33. The van der Waals surface area contributed by atoms with E-state index in [4.69, 9.17) is 21.1 Å². The number of anilines is 1. The van der Waals surface area contributed by atoms with Gasteiger partial charge in [0.2, 0.25) is 0 Å². The molecule has 1 aromatic heterocycles. The van der Waals surface area contributed by atoms with Crippen LogP contribution in [0.1, 0.15) is 0 Å². The Bertz CT molecular complexity index is 564. The fourth-order valence-corrected chi connectivity index (χ4v) is 2.49. The van der Waals surface area contributed by atoms with E-state index in [2.05, 4.69) is 14.8 Å². The third-order valence-corrected chi connectivity index (χ3v) is 3.63. The predicted molar refractivity (Wildman–Crippen MR) is 74.8 cm³/mol. The van der Waals surface area contributed by atoms with Gasteiger partial charge in [0.15, 0.2) is 5.58 Å². The summed E-state index contributed by atoms with van der Waals surface area (Å²) in [4.78, 5) is 8.84. The van der Waals surface area contributed by atoms with E-state index in [9.17, 15) is 0 Å². The van der Waals surface area contributed by atoms with Crippen LogP contribution in [-0.4, -0.2) is 54.3 Å². The number of β-amino-alcohol motifs (C(OH)–C–C–N with tert-alkyl or cyclic N) is 1. The van der Waals surface area contributed by atoms with E-state index in [0.29, 0.717) is 11.0 Å². The standard InChI is InChI=1S/C13H16ClN3O2/c14-10-1-2-11-12(9-10)19-13(15-11)17-5-3-16(4-6-17)7-8-18/h1-2,9,18H,3-8H2. The topological polar surface area (TPSA) is 52.7 Å². The number of nitrogens with zero attached hydrogens (tertiary/aromatic N) is 3. The van der Waals surface area contributed by atoms with Crippen molar-refractivity contribution in [3.05, 3.63) is 23.2 Å². The van der Waals surface area contributed by atoms with Crippen molar-refractivity contribution in [2.45, 2.75) is 0 Å². The number of halogens is 1. The second-order valence-corrected chi connectivity index (χ2v) is 5.10. The molecule has 3 rings (SSSR count). The highest BCUT2D eigenvalue weighted by molar-refractivity contribution is 6.31. The molecular weight excluding hydrogens is 266 g/mol. The molecule has 1 saturated heterocycles. The molecule has 1 N–H and O–H groups in total. The Morgan fingerprint density at radius 2 is 2.05 bits per heavy atom. The molecule has 6 heteroatoms. The summed E-state index contributed by atoms with van der Waals surface area (Å²) < 4.78 is 5.75. The van der Waals surface area contributed by atoms with Gasteiger partial charge in [0.05, 0.1) is 6.61 Å². The molecule has 0 amide bonds. The largest absolute Gasteiger partial charge is 0.423 e. The summed E-state index contributed by atoms with van der Waals surface area (Å²) in [5.74, 6) is 0. The highest BCUT2D eigenvalue weighted by atomic mass is 35.5. The van der Waals surface area contributed by atoms with Gasteiger partial charge >= 0.3 is 0 Å². The van der Waals surface area contributed by atoms with Gasteiger partial charge in [-0.05, 0) is 12.1 Å². The third-order valence-electron chi connectivity index (χ3n) is 3.40. The zero-order chi connectivity index (χ0) is 13.2. The first-order chi connectivity index (χ1) is 9.26. The summed E-state index contributed by atoms with van der Waals surface area (Å²) >= 11 is 5.94. The molecule has 1 aliphatic heterocycles. The van der Waals surface area contributed by atoms with Gasteiger partial charge in [-0.1, -0.05) is 11.6 Å². The zero-order valence-corrected chi connectivity index (χ0v) is 11.3. The molecule has 5 nitrogen and oxygen atoms in total. The molecule has 0 aliphatic carbocycles. The average molecular weight is 282 g/mol. The van der Waals surface area contributed by atoms with Crippen molar-refractivity contribution < 1.29 is 9.52 Å². The van der Waals surface area contributed by atoms with Crippen LogP contribution in [0, 0.1) is 0 Å². The number of piperazine rings is 1. The maximum Gasteiger partial charge on any atom is 0.298 e. The third kappa shape index (κ3) is 2.68. The van der Waals surface area contributed by atoms with Gasteiger partial charge in [0.1, 0.15) is 5.52 Å². The number of aliphatic hydroxyl groups is 1. The summed E-state index contributed by atoms with van der Waals surface area (Å²) in [6.45, 7) is 4.50. The van der Waals surface area contributed by atoms with Crippen molar-refractivity contribution >= 4 is 28.7 Å². The van der Waals surface area contributed by atoms with E-state index >= 15 is 0 Å². The second kappa shape index (κ2) is 5.36. The van der Waals surface area contributed by atoms with Crippen molar-refractivity contribution in [3.8, 4) is 0 Å². The lowest BCUT2D eigenvalue weighted by Gasteiger charge is -2.33. The van der Waals surface area contributed by atoms with Crippen molar-refractivity contribution in [3.63, 3.8) is 0 Å². The Morgan fingerprint density at radius 3 is 2.79 bits per heavy atom. The maximum atomic E-state index is 8.92. The fraction of sp³-hybridized carbons (Fsp3) is 0.462. The summed E-state index contributed by atoms with van der Waals surface area (Å²) in [5.41, 5.74) is 1.55. The average Bonchev–Trinajstić information content (AvgIpc) is 2.83. The zero-order valence-electron chi connectivity index (χ0n) is 10.5. The Morgan fingerprint density at radius 1 is 1.26 bits per heavy atom. The van der Waals surface area contributed by atoms with Crippen LogP contribution in [0.4, 0.5) is 6.01 Å². The van der Waals surface area contributed by atoms with E-state index in [0.717, 1.165) is 43.8 Å². The first kappa shape index (κ1) is 12.7. The highest BCUT2D eigenvalue weighted by Crippen LogP contribution is 2.25. The first-order valence-corrected chi connectivity index (χ1v) is 6.78. The van der Waals surface area contributed by atoms with Gasteiger partial charge in [-0.2, -0.15) is 4.98 Å². The summed E-state index contributed by atoms with van der Waals surface area (Å²) in [7, 11) is 0. The summed E-state index contributed by atoms with van der Waals surface area (Å²) in [6, 6.07) is 6.12. The van der Waals surface area contributed by atoms with Gasteiger partial charge < -0.3 is 14.4 Å². The first-order valence-electron chi connectivity index (χ1n) is 6.40. The number of benzene rings is 1. The van der Waals surface area contributed by atoms with Gasteiger partial charge in [0, 0.05) is 43.8 Å². The van der Waals surface area contributed by atoms with E-state index in [1.54, 1.807) is 6.07 Å². The van der Waals surface area contributed by atoms with E-state index in [1.807, 2.05) is 12.1 Å². The molecule has 0 radical (unpaired) electrons. The molecule has 0 atom stereocenters. The normalized spacial score (nSPS) is 17.3. The molecule has 0 unspecified atom stereocenters. The minimum Gasteiger partial charge on any atom is -0.423 e. The predicted octanol–water partition coefficient (Wildman–Crippen LogP) is 1.60. The van der Waals surface area contributed by atoms with Crippen LogP contribution in [0.3, 0.4) is 0 Å². The van der Waals surface area contributed by atoms with Crippen LogP contribution < -0.4 is 4.90 Å². The van der Waals surface area contributed by atoms with Gasteiger partial charge in [-0.25, -0.2) is 0 Å². The van der Waals surface area contributed by atoms with Crippen molar-refractivity contribution in [1.29, 1.82) is 0 Å². The van der Waals surface area contributed by atoms with E-state index in [1.165, 1.54) is 0 Å². The number of oxazole rings is 1. The Kier molecular flexibility index (Phi) is 3.59. The minimum atomic E-state index is 0.210. The lowest BCUT2D eigenvalue weighted by atomic mass is 10.3. The van der Waals surface area contributed by atoms with Gasteiger partial charge in [-0.3, -0.25) is 4.90 Å². The molecule has 19 heavy (non-hydrogen) atoms.